The number of rotatable bonds is 3. The van der Waals surface area contributed by atoms with Crippen LogP contribution < -0.4 is 10.7 Å². The van der Waals surface area contributed by atoms with Gasteiger partial charge in [-0.15, -0.1) is 0 Å². The molecule has 0 saturated heterocycles. The smallest absolute Gasteiger partial charge is 0.416 e. The van der Waals surface area contributed by atoms with Gasteiger partial charge < -0.3 is 10.4 Å². The van der Waals surface area contributed by atoms with E-state index in [1.165, 1.54) is 30.5 Å². The van der Waals surface area contributed by atoms with Crippen LogP contribution in [0.25, 0.3) is 0 Å². The fraction of sp³-hybridized carbons (Fsp3) is 0.0625. The summed E-state index contributed by atoms with van der Waals surface area (Å²) in [6.07, 6.45) is -3.40. The lowest BCUT2D eigenvalue weighted by Gasteiger charge is -2.09. The molecule has 3 N–H and O–H groups in total. The van der Waals surface area contributed by atoms with E-state index in [0.717, 1.165) is 12.1 Å². The molecular weight excluding hydrogens is 375 g/mol. The minimum Gasteiger partial charge on any atom is -0.506 e. The number of nitrogens with zero attached hydrogens (tertiary/aromatic N) is 1. The zero-order valence-corrected chi connectivity index (χ0v) is 13.6. The van der Waals surface area contributed by atoms with E-state index in [2.05, 4.69) is 5.10 Å². The van der Waals surface area contributed by atoms with E-state index in [-0.39, 0.29) is 16.5 Å². The van der Waals surface area contributed by atoms with Crippen molar-refractivity contribution in [1.82, 2.24) is 5.43 Å². The quantitative estimate of drug-likeness (QED) is 0.430. The lowest BCUT2D eigenvalue weighted by atomic mass is 10.2. The maximum Gasteiger partial charge on any atom is 0.416 e. The zero-order chi connectivity index (χ0) is 19.3. The third kappa shape index (κ3) is 5.21. The number of halogens is 4. The van der Waals surface area contributed by atoms with Crippen molar-refractivity contribution in [2.75, 3.05) is 5.32 Å². The lowest BCUT2D eigenvalue weighted by Crippen LogP contribution is -2.32. The van der Waals surface area contributed by atoms with Crippen molar-refractivity contribution >= 4 is 35.3 Å². The molecular formula is C16H11ClF3N3O3. The highest BCUT2D eigenvalue weighted by molar-refractivity contribution is 6.39. The molecule has 0 radical (unpaired) electrons. The summed E-state index contributed by atoms with van der Waals surface area (Å²) >= 11 is 5.70. The molecule has 2 rings (SSSR count). The highest BCUT2D eigenvalue weighted by Crippen LogP contribution is 2.30. The van der Waals surface area contributed by atoms with Gasteiger partial charge in [-0.2, -0.15) is 18.3 Å². The van der Waals surface area contributed by atoms with Crippen molar-refractivity contribution in [1.29, 1.82) is 0 Å². The van der Waals surface area contributed by atoms with Crippen LogP contribution >= 0.6 is 11.6 Å². The summed E-state index contributed by atoms with van der Waals surface area (Å²) in [6, 6.07) is 7.99. The van der Waals surface area contributed by atoms with E-state index in [9.17, 15) is 27.9 Å². The molecule has 0 saturated carbocycles. The van der Waals surface area contributed by atoms with Crippen molar-refractivity contribution in [3.8, 4) is 5.75 Å². The first kappa shape index (κ1) is 19.3. The molecule has 0 aliphatic carbocycles. The van der Waals surface area contributed by atoms with Crippen LogP contribution in [0.5, 0.6) is 5.75 Å². The first-order chi connectivity index (χ1) is 12.2. The fourth-order valence-corrected chi connectivity index (χ4v) is 1.97. The van der Waals surface area contributed by atoms with Crippen molar-refractivity contribution in [3.63, 3.8) is 0 Å². The number of amides is 2. The maximum atomic E-state index is 12.6. The molecule has 0 aliphatic rings. The van der Waals surface area contributed by atoms with Gasteiger partial charge in [0.1, 0.15) is 5.75 Å². The van der Waals surface area contributed by atoms with Crippen molar-refractivity contribution in [3.05, 3.63) is 58.6 Å². The molecule has 0 atom stereocenters. The van der Waals surface area contributed by atoms with E-state index in [0.29, 0.717) is 11.6 Å². The van der Waals surface area contributed by atoms with E-state index < -0.39 is 23.6 Å². The number of benzene rings is 2. The molecule has 0 aromatic heterocycles. The predicted octanol–water partition coefficient (Wildman–Crippen LogP) is 3.15. The van der Waals surface area contributed by atoms with Gasteiger partial charge in [0.05, 0.1) is 16.8 Å². The normalized spacial score (nSPS) is 11.4. The molecule has 0 unspecified atom stereocenters. The van der Waals surface area contributed by atoms with Gasteiger partial charge in [-0.3, -0.25) is 9.59 Å². The third-order valence-electron chi connectivity index (χ3n) is 3.01. The predicted molar refractivity (Wildman–Crippen MR) is 88.9 cm³/mol. The molecule has 0 fully saturated rings. The fourth-order valence-electron chi connectivity index (χ4n) is 1.78. The molecule has 0 heterocycles. The number of hydrogen-bond donors (Lipinski definition) is 3. The van der Waals surface area contributed by atoms with Gasteiger partial charge >= 0.3 is 18.0 Å². The SMILES string of the molecule is O=C(N/N=C\c1ccc(O)c(Cl)c1)C(=O)Nc1cccc(C(F)(F)F)c1. The minimum atomic E-state index is -4.57. The standard InChI is InChI=1S/C16H11ClF3N3O3/c17-12-6-9(4-5-13(12)24)8-21-23-15(26)14(25)22-11-3-1-2-10(7-11)16(18,19)20/h1-8,24H,(H,22,25)(H,23,26)/b21-8-. The van der Waals surface area contributed by atoms with E-state index >= 15 is 0 Å². The van der Waals surface area contributed by atoms with Crippen LogP contribution in [0.1, 0.15) is 11.1 Å². The second-order valence-corrected chi connectivity index (χ2v) is 5.35. The first-order valence-corrected chi connectivity index (χ1v) is 7.35. The summed E-state index contributed by atoms with van der Waals surface area (Å²) in [5.74, 6) is -2.50. The van der Waals surface area contributed by atoms with Gasteiger partial charge in [-0.25, -0.2) is 5.43 Å². The number of phenols is 1. The molecule has 26 heavy (non-hydrogen) atoms. The van der Waals surface area contributed by atoms with Gasteiger partial charge in [0.15, 0.2) is 0 Å². The second kappa shape index (κ2) is 7.87. The number of aromatic hydroxyl groups is 1. The highest BCUT2D eigenvalue weighted by Gasteiger charge is 2.30. The van der Waals surface area contributed by atoms with Crippen molar-refractivity contribution < 1.29 is 27.9 Å². The first-order valence-electron chi connectivity index (χ1n) is 6.97. The summed E-state index contributed by atoms with van der Waals surface area (Å²) in [6.45, 7) is 0. The van der Waals surface area contributed by atoms with E-state index in [1.807, 2.05) is 10.7 Å². The summed E-state index contributed by atoms with van der Waals surface area (Å²) in [4.78, 5) is 23.3. The van der Waals surface area contributed by atoms with Crippen molar-refractivity contribution in [2.45, 2.75) is 6.18 Å². The van der Waals surface area contributed by atoms with Gasteiger partial charge in [0.25, 0.3) is 0 Å². The minimum absolute atomic E-state index is 0.0718. The van der Waals surface area contributed by atoms with Crippen LogP contribution in [0.4, 0.5) is 18.9 Å². The third-order valence-corrected chi connectivity index (χ3v) is 3.31. The van der Waals surface area contributed by atoms with E-state index in [1.54, 1.807) is 0 Å². The van der Waals surface area contributed by atoms with Crippen LogP contribution in [-0.4, -0.2) is 23.1 Å². The highest BCUT2D eigenvalue weighted by atomic mass is 35.5. The Balaban J connectivity index is 1.96. The summed E-state index contributed by atoms with van der Waals surface area (Å²) in [7, 11) is 0. The molecule has 136 valence electrons. The van der Waals surface area contributed by atoms with E-state index in [4.69, 9.17) is 11.6 Å². The molecule has 6 nitrogen and oxygen atoms in total. The monoisotopic (exact) mass is 385 g/mol. The average molecular weight is 386 g/mol. The van der Waals surface area contributed by atoms with Crippen LogP contribution in [0.15, 0.2) is 47.6 Å². The summed E-state index contributed by atoms with van der Waals surface area (Å²) in [5.41, 5.74) is 1.21. The molecule has 0 spiro atoms. The number of anilines is 1. The molecule has 10 heteroatoms. The number of hydrazone groups is 1. The largest absolute Gasteiger partial charge is 0.506 e. The molecule has 2 amide bonds. The number of phenolic OH excluding ortho intramolecular Hbond substituents is 1. The van der Waals surface area contributed by atoms with Gasteiger partial charge in [0.2, 0.25) is 0 Å². The maximum absolute atomic E-state index is 12.6. The number of carbonyl (C=O) groups excluding carboxylic acids is 2. The Labute approximate surface area is 150 Å². The molecule has 2 aromatic rings. The molecule has 0 bridgehead atoms. The molecule has 0 aliphatic heterocycles. The summed E-state index contributed by atoms with van der Waals surface area (Å²) in [5, 5.41) is 14.9. The Morgan fingerprint density at radius 2 is 1.85 bits per heavy atom. The van der Waals surface area contributed by atoms with Crippen LogP contribution in [0.3, 0.4) is 0 Å². The second-order valence-electron chi connectivity index (χ2n) is 4.94. The Hall–Kier alpha value is -3.07. The zero-order valence-electron chi connectivity index (χ0n) is 12.8. The van der Waals surface area contributed by atoms with Crippen molar-refractivity contribution in [2.24, 2.45) is 5.10 Å². The number of alkyl halides is 3. The number of carbonyl (C=O) groups is 2. The number of nitrogens with one attached hydrogen (secondary N) is 2. The van der Waals surface area contributed by atoms with Crippen LogP contribution in [0.2, 0.25) is 5.02 Å². The Kier molecular flexibility index (Phi) is 5.83. The molecule has 2 aromatic carbocycles. The van der Waals surface area contributed by atoms with Gasteiger partial charge in [0, 0.05) is 5.69 Å². The number of hydrogen-bond acceptors (Lipinski definition) is 4. The lowest BCUT2D eigenvalue weighted by molar-refractivity contribution is -0.137. The van der Waals surface area contributed by atoms with Gasteiger partial charge in [-0.05, 0) is 42.0 Å². The van der Waals surface area contributed by atoms with Gasteiger partial charge in [-0.1, -0.05) is 17.7 Å². The van der Waals surface area contributed by atoms with Crippen LogP contribution in [0, 0.1) is 0 Å². The Morgan fingerprint density at radius 3 is 2.50 bits per heavy atom. The summed E-state index contributed by atoms with van der Waals surface area (Å²) < 4.78 is 37.8. The average Bonchev–Trinajstić information content (AvgIpc) is 2.57. The Morgan fingerprint density at radius 1 is 1.12 bits per heavy atom. The topological polar surface area (TPSA) is 90.8 Å². The Bertz CT molecular complexity index is 869. The van der Waals surface area contributed by atoms with Crippen LogP contribution in [-0.2, 0) is 15.8 Å².